The Hall–Kier alpha value is -2.92. The highest BCUT2D eigenvalue weighted by atomic mass is 32.2. The van der Waals surface area contributed by atoms with Crippen LogP contribution in [0.1, 0.15) is 27.3 Å². The standard InChI is InChI=1S/C20H21F3N2O5S/c1-14-10-17(15(2)25(14)13-20(21,22)23)18(26)12-30-19(27)11-24-31(28,29)9-8-16-6-4-3-5-7-16/h3-10,24H,11-13H2,1-2H3/b9-8+. The minimum Gasteiger partial charge on any atom is -0.456 e. The molecule has 0 spiro atoms. The van der Waals surface area contributed by atoms with Gasteiger partial charge in [0, 0.05) is 22.4 Å². The fourth-order valence-corrected chi connectivity index (χ4v) is 3.47. The number of sulfonamides is 1. The van der Waals surface area contributed by atoms with E-state index < -0.39 is 47.6 Å². The van der Waals surface area contributed by atoms with Gasteiger partial charge in [-0.2, -0.15) is 13.2 Å². The molecule has 0 aliphatic heterocycles. The SMILES string of the molecule is Cc1cc(C(=O)COC(=O)CNS(=O)(=O)/C=C/c2ccccc2)c(C)n1CC(F)(F)F. The van der Waals surface area contributed by atoms with Crippen LogP contribution in [0.25, 0.3) is 6.08 Å². The van der Waals surface area contributed by atoms with Crippen molar-refractivity contribution in [1.29, 1.82) is 0 Å². The molecule has 7 nitrogen and oxygen atoms in total. The minimum atomic E-state index is -4.45. The molecule has 2 aromatic rings. The fourth-order valence-electron chi connectivity index (χ4n) is 2.72. The summed E-state index contributed by atoms with van der Waals surface area (Å²) >= 11 is 0. The average molecular weight is 458 g/mol. The number of halogens is 3. The summed E-state index contributed by atoms with van der Waals surface area (Å²) in [4.78, 5) is 24.0. The van der Waals surface area contributed by atoms with Crippen molar-refractivity contribution in [2.24, 2.45) is 0 Å². The Kier molecular flexibility index (Phi) is 7.80. The van der Waals surface area contributed by atoms with E-state index in [1.165, 1.54) is 26.0 Å². The number of benzene rings is 1. The molecule has 0 aliphatic carbocycles. The number of carbonyl (C=O) groups is 2. The molecule has 0 amide bonds. The summed E-state index contributed by atoms with van der Waals surface area (Å²) in [6, 6.07) is 9.90. The number of hydrogen-bond acceptors (Lipinski definition) is 5. The van der Waals surface area contributed by atoms with Crippen molar-refractivity contribution >= 4 is 27.9 Å². The van der Waals surface area contributed by atoms with Gasteiger partial charge in [-0.05, 0) is 31.6 Å². The Morgan fingerprint density at radius 3 is 2.42 bits per heavy atom. The molecule has 1 aromatic carbocycles. The van der Waals surface area contributed by atoms with Crippen LogP contribution in [0.5, 0.6) is 0 Å². The first kappa shape index (κ1) is 24.4. The number of nitrogens with one attached hydrogen (secondary N) is 1. The second-order valence-electron chi connectivity index (χ2n) is 6.65. The summed E-state index contributed by atoms with van der Waals surface area (Å²) in [5.41, 5.74) is 0.982. The zero-order valence-electron chi connectivity index (χ0n) is 16.8. The van der Waals surface area contributed by atoms with E-state index in [9.17, 15) is 31.2 Å². The third-order valence-electron chi connectivity index (χ3n) is 4.23. The van der Waals surface area contributed by atoms with E-state index in [-0.39, 0.29) is 17.0 Å². The molecule has 0 aliphatic rings. The van der Waals surface area contributed by atoms with E-state index in [1.807, 2.05) is 4.72 Å². The average Bonchev–Trinajstić information content (AvgIpc) is 2.97. The summed E-state index contributed by atoms with van der Waals surface area (Å²) in [6.45, 7) is 0.120. The van der Waals surface area contributed by atoms with Gasteiger partial charge < -0.3 is 9.30 Å². The van der Waals surface area contributed by atoms with Crippen molar-refractivity contribution < 1.29 is 35.9 Å². The molecular weight excluding hydrogens is 437 g/mol. The van der Waals surface area contributed by atoms with Gasteiger partial charge >= 0.3 is 12.1 Å². The molecule has 168 valence electrons. The Morgan fingerprint density at radius 1 is 1.16 bits per heavy atom. The van der Waals surface area contributed by atoms with Crippen molar-refractivity contribution in [2.75, 3.05) is 13.2 Å². The molecule has 0 unspecified atom stereocenters. The number of aryl methyl sites for hydroxylation is 1. The molecule has 1 heterocycles. The molecule has 0 radical (unpaired) electrons. The van der Waals surface area contributed by atoms with Gasteiger partial charge in [-0.3, -0.25) is 9.59 Å². The molecule has 0 atom stereocenters. The van der Waals surface area contributed by atoms with Gasteiger partial charge in [-0.25, -0.2) is 13.1 Å². The number of aromatic nitrogens is 1. The first-order chi connectivity index (χ1) is 14.4. The van der Waals surface area contributed by atoms with E-state index in [4.69, 9.17) is 4.74 Å². The quantitative estimate of drug-likeness (QED) is 0.461. The van der Waals surface area contributed by atoms with Gasteiger partial charge in [-0.15, -0.1) is 0 Å². The molecule has 0 fully saturated rings. The highest BCUT2D eigenvalue weighted by Crippen LogP contribution is 2.23. The number of Topliss-reactive ketones (excluding diaryl/α,β-unsaturated/α-hetero) is 1. The number of hydrogen-bond donors (Lipinski definition) is 1. The summed E-state index contributed by atoms with van der Waals surface area (Å²) in [5.74, 6) is -1.70. The van der Waals surface area contributed by atoms with Crippen LogP contribution >= 0.6 is 0 Å². The van der Waals surface area contributed by atoms with E-state index in [2.05, 4.69) is 0 Å². The van der Waals surface area contributed by atoms with Crippen molar-refractivity contribution in [2.45, 2.75) is 26.6 Å². The Bertz CT molecular complexity index is 1070. The summed E-state index contributed by atoms with van der Waals surface area (Å²) in [5, 5.41) is 0.885. The summed E-state index contributed by atoms with van der Waals surface area (Å²) in [6.07, 6.45) is -3.11. The van der Waals surface area contributed by atoms with Gasteiger partial charge in [0.25, 0.3) is 0 Å². The second-order valence-corrected chi connectivity index (χ2v) is 8.30. The van der Waals surface area contributed by atoms with Gasteiger partial charge in [-0.1, -0.05) is 30.3 Å². The van der Waals surface area contributed by atoms with E-state index >= 15 is 0 Å². The Balaban J connectivity index is 1.89. The molecule has 1 N–H and O–H groups in total. The van der Waals surface area contributed by atoms with Crippen LogP contribution in [0.2, 0.25) is 0 Å². The number of esters is 1. The van der Waals surface area contributed by atoms with Gasteiger partial charge in [0.15, 0.2) is 6.61 Å². The minimum absolute atomic E-state index is 0.000857. The Labute approximate surface area is 177 Å². The van der Waals surface area contributed by atoms with Crippen LogP contribution in [0.3, 0.4) is 0 Å². The molecule has 2 rings (SSSR count). The maximum Gasteiger partial charge on any atom is 0.406 e. The summed E-state index contributed by atoms with van der Waals surface area (Å²) in [7, 11) is -3.92. The van der Waals surface area contributed by atoms with E-state index in [0.29, 0.717) is 5.56 Å². The molecular formula is C20H21F3N2O5S. The predicted octanol–water partition coefficient (Wildman–Crippen LogP) is 2.98. The Morgan fingerprint density at radius 2 is 1.81 bits per heavy atom. The zero-order chi connectivity index (χ0) is 23.2. The fraction of sp³-hybridized carbons (Fsp3) is 0.300. The van der Waals surface area contributed by atoms with E-state index in [1.54, 1.807) is 30.3 Å². The number of rotatable bonds is 9. The number of ketones is 1. The highest BCUT2D eigenvalue weighted by molar-refractivity contribution is 7.92. The highest BCUT2D eigenvalue weighted by Gasteiger charge is 2.30. The largest absolute Gasteiger partial charge is 0.456 e. The maximum absolute atomic E-state index is 12.7. The monoisotopic (exact) mass is 458 g/mol. The predicted molar refractivity (Wildman–Crippen MR) is 108 cm³/mol. The lowest BCUT2D eigenvalue weighted by atomic mass is 10.1. The van der Waals surface area contributed by atoms with Crippen LogP contribution in [-0.2, 0) is 26.1 Å². The van der Waals surface area contributed by atoms with E-state index in [0.717, 1.165) is 9.98 Å². The molecule has 11 heteroatoms. The molecule has 0 saturated carbocycles. The van der Waals surface area contributed by atoms with Gasteiger partial charge in [0.1, 0.15) is 13.1 Å². The van der Waals surface area contributed by atoms with Crippen molar-refractivity contribution in [1.82, 2.24) is 9.29 Å². The lowest BCUT2D eigenvalue weighted by Crippen LogP contribution is -2.30. The third kappa shape index (κ3) is 7.68. The van der Waals surface area contributed by atoms with Crippen molar-refractivity contribution in [3.05, 3.63) is 64.3 Å². The number of carbonyl (C=O) groups excluding carboxylic acids is 2. The molecule has 0 saturated heterocycles. The topological polar surface area (TPSA) is 94.5 Å². The number of ether oxygens (including phenoxy) is 1. The smallest absolute Gasteiger partial charge is 0.406 e. The molecule has 1 aromatic heterocycles. The zero-order valence-corrected chi connectivity index (χ0v) is 17.6. The van der Waals surface area contributed by atoms with Crippen molar-refractivity contribution in [3.63, 3.8) is 0 Å². The van der Waals surface area contributed by atoms with Crippen LogP contribution in [0, 0.1) is 13.8 Å². The van der Waals surface area contributed by atoms with Crippen molar-refractivity contribution in [3.8, 4) is 0 Å². The normalized spacial score (nSPS) is 12.3. The second kappa shape index (κ2) is 9.92. The first-order valence-corrected chi connectivity index (χ1v) is 10.6. The van der Waals surface area contributed by atoms with Gasteiger partial charge in [0.05, 0.1) is 0 Å². The van der Waals surface area contributed by atoms with Crippen LogP contribution in [0.4, 0.5) is 13.2 Å². The molecule has 0 bridgehead atoms. The number of alkyl halides is 3. The first-order valence-electron chi connectivity index (χ1n) is 9.03. The van der Waals surface area contributed by atoms with Crippen LogP contribution in [0.15, 0.2) is 41.8 Å². The maximum atomic E-state index is 12.7. The number of nitrogens with zero attached hydrogens (tertiary/aromatic N) is 1. The lowest BCUT2D eigenvalue weighted by molar-refractivity contribution is -0.141. The lowest BCUT2D eigenvalue weighted by Gasteiger charge is -2.12. The third-order valence-corrected chi connectivity index (χ3v) is 5.27. The van der Waals surface area contributed by atoms with Gasteiger partial charge in [0.2, 0.25) is 15.8 Å². The molecule has 31 heavy (non-hydrogen) atoms. The van der Waals surface area contributed by atoms with Crippen LogP contribution < -0.4 is 4.72 Å². The van der Waals surface area contributed by atoms with Crippen LogP contribution in [-0.4, -0.2) is 44.1 Å². The summed E-state index contributed by atoms with van der Waals surface area (Å²) < 4.78 is 69.5.